The SMILES string of the molecule is CCn1c(COc2ccccc2)nnc1SCC(=O)Nc1nncs1. The minimum Gasteiger partial charge on any atom is -0.486 e. The predicted molar refractivity (Wildman–Crippen MR) is 95.7 cm³/mol. The van der Waals surface area contributed by atoms with E-state index in [1.165, 1.54) is 23.1 Å². The van der Waals surface area contributed by atoms with Crippen LogP contribution in [0, 0.1) is 0 Å². The smallest absolute Gasteiger partial charge is 0.236 e. The highest BCUT2D eigenvalue weighted by molar-refractivity contribution is 7.99. The largest absolute Gasteiger partial charge is 0.486 e. The Labute approximate surface area is 152 Å². The van der Waals surface area contributed by atoms with Gasteiger partial charge in [0.15, 0.2) is 11.0 Å². The molecule has 25 heavy (non-hydrogen) atoms. The van der Waals surface area contributed by atoms with Gasteiger partial charge in [-0.25, -0.2) is 0 Å². The van der Waals surface area contributed by atoms with Crippen molar-refractivity contribution in [3.05, 3.63) is 41.7 Å². The maximum absolute atomic E-state index is 11.9. The Morgan fingerprint density at radius 2 is 2.12 bits per heavy atom. The number of rotatable bonds is 8. The molecule has 0 fully saturated rings. The summed E-state index contributed by atoms with van der Waals surface area (Å²) < 4.78 is 7.65. The minimum atomic E-state index is -0.158. The van der Waals surface area contributed by atoms with Crippen molar-refractivity contribution in [3.8, 4) is 5.75 Å². The molecule has 0 atom stereocenters. The molecular weight excluding hydrogens is 360 g/mol. The fraction of sp³-hybridized carbons (Fsp3) is 0.267. The molecule has 3 aromatic rings. The van der Waals surface area contributed by atoms with E-state index in [0.717, 1.165) is 11.6 Å². The molecule has 0 saturated heterocycles. The summed E-state index contributed by atoms with van der Waals surface area (Å²) in [5.74, 6) is 1.56. The normalized spacial score (nSPS) is 10.6. The van der Waals surface area contributed by atoms with Crippen LogP contribution in [-0.2, 0) is 17.9 Å². The van der Waals surface area contributed by atoms with Gasteiger partial charge in [0.25, 0.3) is 0 Å². The lowest BCUT2D eigenvalue weighted by Gasteiger charge is -2.08. The fourth-order valence-electron chi connectivity index (χ4n) is 2.03. The molecule has 1 amide bonds. The van der Waals surface area contributed by atoms with Gasteiger partial charge in [-0.05, 0) is 19.1 Å². The average molecular weight is 376 g/mol. The van der Waals surface area contributed by atoms with Gasteiger partial charge in [0, 0.05) is 6.54 Å². The molecular formula is C15H16N6O2S2. The van der Waals surface area contributed by atoms with Gasteiger partial charge in [-0.15, -0.1) is 20.4 Å². The van der Waals surface area contributed by atoms with Crippen LogP contribution >= 0.6 is 23.1 Å². The topological polar surface area (TPSA) is 94.8 Å². The van der Waals surface area contributed by atoms with E-state index in [2.05, 4.69) is 25.7 Å². The number of hydrogen-bond acceptors (Lipinski definition) is 8. The fourth-order valence-corrected chi connectivity index (χ4v) is 3.31. The number of hydrogen-bond donors (Lipinski definition) is 1. The lowest BCUT2D eigenvalue weighted by Crippen LogP contribution is -2.14. The second-order valence-electron chi connectivity index (χ2n) is 4.83. The number of benzene rings is 1. The zero-order valence-corrected chi connectivity index (χ0v) is 15.1. The van der Waals surface area contributed by atoms with Gasteiger partial charge in [0.05, 0.1) is 5.75 Å². The Kier molecular flexibility index (Phi) is 5.96. The van der Waals surface area contributed by atoms with Crippen molar-refractivity contribution >= 4 is 34.1 Å². The van der Waals surface area contributed by atoms with Crippen LogP contribution < -0.4 is 10.1 Å². The first kappa shape index (κ1) is 17.4. The number of carbonyl (C=O) groups is 1. The summed E-state index contributed by atoms with van der Waals surface area (Å²) in [6, 6.07) is 9.54. The number of amides is 1. The Bertz CT molecular complexity index is 807. The molecule has 0 spiro atoms. The van der Waals surface area contributed by atoms with Crippen molar-refractivity contribution < 1.29 is 9.53 Å². The molecule has 8 nitrogen and oxygen atoms in total. The lowest BCUT2D eigenvalue weighted by atomic mass is 10.3. The number of thioether (sulfide) groups is 1. The first-order chi connectivity index (χ1) is 12.3. The number of carbonyl (C=O) groups excluding carboxylic acids is 1. The molecule has 10 heteroatoms. The van der Waals surface area contributed by atoms with Crippen molar-refractivity contribution in [2.75, 3.05) is 11.1 Å². The average Bonchev–Trinajstić information content (AvgIpc) is 3.28. The van der Waals surface area contributed by atoms with E-state index in [-0.39, 0.29) is 11.7 Å². The Morgan fingerprint density at radius 3 is 2.84 bits per heavy atom. The first-order valence-corrected chi connectivity index (χ1v) is 9.41. The quantitative estimate of drug-likeness (QED) is 0.603. The van der Waals surface area contributed by atoms with E-state index in [0.29, 0.717) is 23.4 Å². The molecule has 1 N–H and O–H groups in total. The molecule has 0 aliphatic rings. The van der Waals surface area contributed by atoms with Crippen LogP contribution in [0.15, 0.2) is 41.0 Å². The number of nitrogens with one attached hydrogen (secondary N) is 1. The second kappa shape index (κ2) is 8.58. The van der Waals surface area contributed by atoms with Crippen molar-refractivity contribution in [1.29, 1.82) is 0 Å². The van der Waals surface area contributed by atoms with E-state index in [9.17, 15) is 4.79 Å². The van der Waals surface area contributed by atoms with Crippen LogP contribution in [-0.4, -0.2) is 36.6 Å². The van der Waals surface area contributed by atoms with Gasteiger partial charge in [0.1, 0.15) is 17.9 Å². The summed E-state index contributed by atoms with van der Waals surface area (Å²) in [7, 11) is 0. The summed E-state index contributed by atoms with van der Waals surface area (Å²) >= 11 is 2.60. The highest BCUT2D eigenvalue weighted by Gasteiger charge is 2.14. The van der Waals surface area contributed by atoms with E-state index in [4.69, 9.17) is 4.74 Å². The standard InChI is InChI=1S/C15H16N6O2S2/c1-2-21-12(8-23-11-6-4-3-5-7-11)18-20-15(21)24-9-13(22)17-14-19-16-10-25-14/h3-7,10H,2,8-9H2,1H3,(H,17,19,22). The van der Waals surface area contributed by atoms with Crippen LogP contribution in [0.3, 0.4) is 0 Å². The Hall–Kier alpha value is -2.46. The van der Waals surface area contributed by atoms with Gasteiger partial charge in [0.2, 0.25) is 11.0 Å². The number of anilines is 1. The zero-order valence-electron chi connectivity index (χ0n) is 13.5. The molecule has 2 aromatic heterocycles. The van der Waals surface area contributed by atoms with Crippen LogP contribution in [0.2, 0.25) is 0 Å². The molecule has 3 rings (SSSR count). The molecule has 0 aliphatic heterocycles. The maximum Gasteiger partial charge on any atom is 0.236 e. The third-order valence-corrected chi connectivity index (χ3v) is 4.73. The third kappa shape index (κ3) is 4.77. The number of aromatic nitrogens is 5. The van der Waals surface area contributed by atoms with Crippen LogP contribution in [0.5, 0.6) is 5.75 Å². The highest BCUT2D eigenvalue weighted by atomic mass is 32.2. The van der Waals surface area contributed by atoms with Gasteiger partial charge in [-0.1, -0.05) is 41.3 Å². The molecule has 0 saturated carbocycles. The van der Waals surface area contributed by atoms with Crippen molar-refractivity contribution in [2.24, 2.45) is 0 Å². The molecule has 0 aliphatic carbocycles. The van der Waals surface area contributed by atoms with Crippen molar-refractivity contribution in [2.45, 2.75) is 25.2 Å². The van der Waals surface area contributed by atoms with Gasteiger partial charge >= 0.3 is 0 Å². The summed E-state index contributed by atoms with van der Waals surface area (Å²) in [6.45, 7) is 3.02. The van der Waals surface area contributed by atoms with Crippen molar-refractivity contribution in [3.63, 3.8) is 0 Å². The summed E-state index contributed by atoms with van der Waals surface area (Å²) in [6.07, 6.45) is 0. The Morgan fingerprint density at radius 1 is 1.28 bits per heavy atom. The first-order valence-electron chi connectivity index (χ1n) is 7.55. The number of para-hydroxylation sites is 1. The third-order valence-electron chi connectivity index (χ3n) is 3.16. The molecule has 0 unspecified atom stereocenters. The summed E-state index contributed by atoms with van der Waals surface area (Å²) in [5.41, 5.74) is 1.56. The van der Waals surface area contributed by atoms with E-state index in [1.54, 1.807) is 5.51 Å². The van der Waals surface area contributed by atoms with Gasteiger partial charge in [-0.3, -0.25) is 10.1 Å². The van der Waals surface area contributed by atoms with Gasteiger partial charge < -0.3 is 9.30 Å². The molecule has 0 bridgehead atoms. The zero-order chi connectivity index (χ0) is 17.5. The van der Waals surface area contributed by atoms with Gasteiger partial charge in [-0.2, -0.15) is 0 Å². The predicted octanol–water partition coefficient (Wildman–Crippen LogP) is 2.46. The number of ether oxygens (including phenoxy) is 1. The van der Waals surface area contributed by atoms with E-state index < -0.39 is 0 Å². The van der Waals surface area contributed by atoms with Crippen LogP contribution in [0.4, 0.5) is 5.13 Å². The second-order valence-corrected chi connectivity index (χ2v) is 6.60. The number of nitrogens with zero attached hydrogens (tertiary/aromatic N) is 5. The lowest BCUT2D eigenvalue weighted by molar-refractivity contribution is -0.113. The molecule has 130 valence electrons. The Balaban J connectivity index is 1.56. The highest BCUT2D eigenvalue weighted by Crippen LogP contribution is 2.19. The van der Waals surface area contributed by atoms with Crippen molar-refractivity contribution in [1.82, 2.24) is 25.0 Å². The van der Waals surface area contributed by atoms with Crippen LogP contribution in [0.25, 0.3) is 0 Å². The molecule has 1 aromatic carbocycles. The maximum atomic E-state index is 11.9. The van der Waals surface area contributed by atoms with E-state index in [1.807, 2.05) is 41.8 Å². The molecule has 2 heterocycles. The monoisotopic (exact) mass is 376 g/mol. The minimum absolute atomic E-state index is 0.158. The summed E-state index contributed by atoms with van der Waals surface area (Å²) in [5, 5.41) is 19.6. The van der Waals surface area contributed by atoms with Crippen LogP contribution in [0.1, 0.15) is 12.7 Å². The van der Waals surface area contributed by atoms with E-state index >= 15 is 0 Å². The molecule has 0 radical (unpaired) electrons. The summed E-state index contributed by atoms with van der Waals surface area (Å²) in [4.78, 5) is 11.9.